The molecule has 0 atom stereocenters. The van der Waals surface area contributed by atoms with Crippen LogP contribution in [0.4, 0.5) is 0 Å². The monoisotopic (exact) mass is 128 g/mol. The van der Waals surface area contributed by atoms with E-state index in [4.69, 9.17) is 5.11 Å². The normalized spacial score (nSPS) is 16.9. The van der Waals surface area contributed by atoms with E-state index in [2.05, 4.69) is 4.74 Å². The van der Waals surface area contributed by atoms with Crippen LogP contribution in [0.15, 0.2) is 11.6 Å². The smallest absolute Gasteiger partial charge is 0.335 e. The number of hydrogen-bond donors (Lipinski definition) is 1. The molecule has 1 aliphatic rings. The number of hydrogen-bond acceptors (Lipinski definition) is 3. The number of carboxylic acids is 1. The Morgan fingerprint density at radius 3 is 2.67 bits per heavy atom. The van der Waals surface area contributed by atoms with Crippen LogP contribution >= 0.6 is 0 Å². The number of cyclic esters (lactones) is 1. The summed E-state index contributed by atoms with van der Waals surface area (Å²) in [6.07, 6.45) is 0.975. The predicted molar refractivity (Wildman–Crippen MR) is 26.7 cm³/mol. The van der Waals surface area contributed by atoms with Crippen LogP contribution in [0.5, 0.6) is 0 Å². The van der Waals surface area contributed by atoms with Gasteiger partial charge >= 0.3 is 11.9 Å². The van der Waals surface area contributed by atoms with Crippen molar-refractivity contribution in [2.45, 2.75) is 0 Å². The van der Waals surface area contributed by atoms with E-state index in [0.717, 1.165) is 6.08 Å². The third kappa shape index (κ3) is 1.07. The van der Waals surface area contributed by atoms with Gasteiger partial charge in [0.1, 0.15) is 6.61 Å². The maximum Gasteiger partial charge on any atom is 0.335 e. The van der Waals surface area contributed by atoms with Crippen LogP contribution in [0.25, 0.3) is 0 Å². The molecule has 1 N–H and O–H groups in total. The molecule has 0 aromatic rings. The summed E-state index contributed by atoms with van der Waals surface area (Å²) >= 11 is 0. The van der Waals surface area contributed by atoms with Crippen LogP contribution in [-0.2, 0) is 14.3 Å². The molecular formula is C5H4O4. The summed E-state index contributed by atoms with van der Waals surface area (Å²) in [5, 5.41) is 8.23. The van der Waals surface area contributed by atoms with E-state index >= 15 is 0 Å². The van der Waals surface area contributed by atoms with Gasteiger partial charge in [0.2, 0.25) is 0 Å². The van der Waals surface area contributed by atoms with E-state index in [9.17, 15) is 9.59 Å². The first-order valence-corrected chi connectivity index (χ1v) is 2.31. The van der Waals surface area contributed by atoms with Gasteiger partial charge in [0, 0.05) is 6.08 Å². The van der Waals surface area contributed by atoms with Crippen molar-refractivity contribution >= 4 is 11.9 Å². The number of carboxylic acid groups (broad SMARTS) is 1. The molecule has 4 heteroatoms. The number of esters is 1. The minimum Gasteiger partial charge on any atom is -0.478 e. The lowest BCUT2D eigenvalue weighted by Crippen LogP contribution is -2.01. The molecule has 0 aromatic heterocycles. The Kier molecular flexibility index (Phi) is 1.22. The van der Waals surface area contributed by atoms with Crippen LogP contribution in [0.1, 0.15) is 0 Å². The summed E-state index contributed by atoms with van der Waals surface area (Å²) in [7, 11) is 0. The van der Waals surface area contributed by atoms with Gasteiger partial charge in [-0.1, -0.05) is 0 Å². The molecule has 0 unspecified atom stereocenters. The average Bonchev–Trinajstić information content (AvgIpc) is 2.14. The van der Waals surface area contributed by atoms with Crippen LogP contribution in [0.2, 0.25) is 0 Å². The van der Waals surface area contributed by atoms with Crippen molar-refractivity contribution in [1.82, 2.24) is 0 Å². The Morgan fingerprint density at radius 2 is 2.44 bits per heavy atom. The second-order valence-corrected chi connectivity index (χ2v) is 1.58. The van der Waals surface area contributed by atoms with E-state index in [1.165, 1.54) is 0 Å². The molecule has 0 saturated heterocycles. The van der Waals surface area contributed by atoms with Crippen LogP contribution in [-0.4, -0.2) is 23.7 Å². The maximum atomic E-state index is 10.2. The van der Waals surface area contributed by atoms with Gasteiger partial charge in [-0.15, -0.1) is 0 Å². The Labute approximate surface area is 50.7 Å². The number of rotatable bonds is 1. The number of aliphatic carboxylic acids is 1. The second-order valence-electron chi connectivity index (χ2n) is 1.58. The quantitative estimate of drug-likeness (QED) is 0.486. The molecular weight excluding hydrogens is 124 g/mol. The first kappa shape index (κ1) is 5.81. The van der Waals surface area contributed by atoms with E-state index in [-0.39, 0.29) is 12.2 Å². The van der Waals surface area contributed by atoms with Crippen molar-refractivity contribution in [3.63, 3.8) is 0 Å². The van der Waals surface area contributed by atoms with Crippen LogP contribution < -0.4 is 0 Å². The van der Waals surface area contributed by atoms with Gasteiger partial charge in [0.15, 0.2) is 0 Å². The predicted octanol–water partition coefficient (Wildman–Crippen LogP) is -0.446. The zero-order valence-corrected chi connectivity index (χ0v) is 4.46. The van der Waals surface area contributed by atoms with E-state index in [0.29, 0.717) is 0 Å². The fraction of sp³-hybridized carbons (Fsp3) is 0.200. The molecule has 4 nitrogen and oxygen atoms in total. The highest BCUT2D eigenvalue weighted by Gasteiger charge is 2.17. The minimum atomic E-state index is -1.10. The van der Waals surface area contributed by atoms with Gasteiger partial charge in [0.25, 0.3) is 0 Å². The van der Waals surface area contributed by atoms with Crippen molar-refractivity contribution < 1.29 is 19.4 Å². The molecule has 0 aromatic carbocycles. The number of carbonyl (C=O) groups is 2. The molecule has 0 bridgehead atoms. The van der Waals surface area contributed by atoms with Crippen molar-refractivity contribution in [1.29, 1.82) is 0 Å². The summed E-state index contributed by atoms with van der Waals surface area (Å²) in [6.45, 7) is -0.103. The topological polar surface area (TPSA) is 63.6 Å². The summed E-state index contributed by atoms with van der Waals surface area (Å²) in [6, 6.07) is 0. The summed E-state index contributed by atoms with van der Waals surface area (Å²) < 4.78 is 4.31. The Morgan fingerprint density at radius 1 is 1.78 bits per heavy atom. The van der Waals surface area contributed by atoms with Gasteiger partial charge in [-0.3, -0.25) is 0 Å². The second kappa shape index (κ2) is 1.89. The standard InChI is InChI=1S/C5H4O4/c6-4-1-3(2-9-4)5(7)8/h1H,2H2,(H,7,8). The van der Waals surface area contributed by atoms with E-state index in [1.54, 1.807) is 0 Å². The van der Waals surface area contributed by atoms with Crippen LogP contribution in [0.3, 0.4) is 0 Å². The Bertz CT molecular complexity index is 191. The highest BCUT2D eigenvalue weighted by Crippen LogP contribution is 2.04. The fourth-order valence-electron chi connectivity index (χ4n) is 0.498. The van der Waals surface area contributed by atoms with Gasteiger partial charge in [-0.25, -0.2) is 9.59 Å². The molecule has 0 spiro atoms. The first-order chi connectivity index (χ1) is 4.20. The molecule has 0 amide bonds. The van der Waals surface area contributed by atoms with E-state index < -0.39 is 11.9 Å². The third-order valence-corrected chi connectivity index (χ3v) is 0.937. The molecule has 1 heterocycles. The largest absolute Gasteiger partial charge is 0.478 e. The Balaban J connectivity index is 2.74. The zero-order valence-electron chi connectivity index (χ0n) is 4.46. The lowest BCUT2D eigenvalue weighted by molar-refractivity contribution is -0.135. The zero-order chi connectivity index (χ0) is 6.85. The number of ether oxygens (including phenoxy) is 1. The molecule has 0 fully saturated rings. The van der Waals surface area contributed by atoms with Crippen molar-refractivity contribution in [2.75, 3.05) is 6.61 Å². The average molecular weight is 128 g/mol. The molecule has 0 aliphatic carbocycles. The highest BCUT2D eigenvalue weighted by molar-refractivity contribution is 5.98. The number of carbonyl (C=O) groups excluding carboxylic acids is 1. The van der Waals surface area contributed by atoms with Gasteiger partial charge in [-0.05, 0) is 0 Å². The lowest BCUT2D eigenvalue weighted by Gasteiger charge is -1.88. The molecule has 1 rings (SSSR count). The fourth-order valence-corrected chi connectivity index (χ4v) is 0.498. The highest BCUT2D eigenvalue weighted by atomic mass is 16.5. The molecule has 9 heavy (non-hydrogen) atoms. The summed E-state index contributed by atoms with van der Waals surface area (Å²) in [5.74, 6) is -1.67. The first-order valence-electron chi connectivity index (χ1n) is 2.31. The van der Waals surface area contributed by atoms with Crippen LogP contribution in [0, 0.1) is 0 Å². The van der Waals surface area contributed by atoms with E-state index in [1.807, 2.05) is 0 Å². The maximum absolute atomic E-state index is 10.2. The molecule has 0 radical (unpaired) electrons. The van der Waals surface area contributed by atoms with Gasteiger partial charge in [-0.2, -0.15) is 0 Å². The SMILES string of the molecule is O=C1C=C(C(=O)O)CO1. The van der Waals surface area contributed by atoms with Gasteiger partial charge in [0.05, 0.1) is 5.57 Å². The van der Waals surface area contributed by atoms with Crippen molar-refractivity contribution in [3.8, 4) is 0 Å². The summed E-state index contributed by atoms with van der Waals surface area (Å²) in [4.78, 5) is 20.2. The third-order valence-electron chi connectivity index (χ3n) is 0.937. The molecule has 0 saturated carbocycles. The summed E-state index contributed by atoms with van der Waals surface area (Å²) in [5.41, 5.74) is 0.0139. The Hall–Kier alpha value is -1.32. The van der Waals surface area contributed by atoms with Crippen molar-refractivity contribution in [2.24, 2.45) is 0 Å². The minimum absolute atomic E-state index is 0.0139. The van der Waals surface area contributed by atoms with Crippen molar-refractivity contribution in [3.05, 3.63) is 11.6 Å². The van der Waals surface area contributed by atoms with Gasteiger partial charge < -0.3 is 9.84 Å². The lowest BCUT2D eigenvalue weighted by atomic mass is 10.3. The molecule has 48 valence electrons. The molecule has 1 aliphatic heterocycles.